The maximum absolute atomic E-state index is 5.92. The summed E-state index contributed by atoms with van der Waals surface area (Å²) < 4.78 is 2.44. The van der Waals surface area contributed by atoms with Gasteiger partial charge in [0.05, 0.1) is 11.0 Å². The summed E-state index contributed by atoms with van der Waals surface area (Å²) in [5.74, 6) is 1.78. The van der Waals surface area contributed by atoms with Gasteiger partial charge in [0.25, 0.3) is 0 Å². The summed E-state index contributed by atoms with van der Waals surface area (Å²) in [5.41, 5.74) is 9.06. The molecule has 0 spiro atoms. The maximum Gasteiger partial charge on any atom is 0.112 e. The molecule has 1 atom stereocenters. The van der Waals surface area contributed by atoms with Gasteiger partial charge in [0.2, 0.25) is 0 Å². The second-order valence-corrected chi connectivity index (χ2v) is 5.51. The number of fused-ring (bicyclic) bond motifs is 1. The van der Waals surface area contributed by atoms with Gasteiger partial charge in [-0.05, 0) is 37.5 Å². The van der Waals surface area contributed by atoms with E-state index in [9.17, 15) is 0 Å². The van der Waals surface area contributed by atoms with Crippen molar-refractivity contribution in [3.8, 4) is 0 Å². The van der Waals surface area contributed by atoms with E-state index in [2.05, 4.69) is 24.5 Å². The lowest BCUT2D eigenvalue weighted by Crippen LogP contribution is -2.05. The summed E-state index contributed by atoms with van der Waals surface area (Å²) in [6.45, 7) is 4.52. The number of nitrogens with zero attached hydrogens (tertiary/aromatic N) is 2. The minimum atomic E-state index is 0.532. The lowest BCUT2D eigenvalue weighted by Gasteiger charge is -2.13. The highest BCUT2D eigenvalue weighted by molar-refractivity contribution is 5.80. The summed E-state index contributed by atoms with van der Waals surface area (Å²) in [7, 11) is 0. The monoisotopic (exact) mass is 243 g/mol. The number of hydrogen-bond acceptors (Lipinski definition) is 2. The fraction of sp³-hybridized carbons (Fsp3) is 0.533. The van der Waals surface area contributed by atoms with Crippen LogP contribution in [0.2, 0.25) is 0 Å². The number of nitrogens with two attached hydrogens (primary N) is 1. The number of anilines is 1. The third kappa shape index (κ3) is 1.88. The maximum atomic E-state index is 5.92. The Morgan fingerprint density at radius 3 is 2.89 bits per heavy atom. The Balaban J connectivity index is 2.15. The largest absolute Gasteiger partial charge is 0.399 e. The lowest BCUT2D eigenvalue weighted by molar-refractivity contribution is 0.580. The van der Waals surface area contributed by atoms with Crippen molar-refractivity contribution in [1.29, 1.82) is 0 Å². The summed E-state index contributed by atoms with van der Waals surface area (Å²) in [6, 6.07) is 6.72. The second kappa shape index (κ2) is 4.30. The van der Waals surface area contributed by atoms with E-state index in [1.54, 1.807) is 0 Å². The molecule has 1 aromatic heterocycles. The Labute approximate surface area is 108 Å². The molecule has 1 aromatic carbocycles. The van der Waals surface area contributed by atoms with Gasteiger partial charge in [-0.1, -0.05) is 20.3 Å². The molecule has 0 saturated heterocycles. The molecule has 18 heavy (non-hydrogen) atoms. The lowest BCUT2D eigenvalue weighted by atomic mass is 10.1. The van der Waals surface area contributed by atoms with E-state index in [-0.39, 0.29) is 0 Å². The average molecular weight is 243 g/mol. The van der Waals surface area contributed by atoms with Gasteiger partial charge in [-0.15, -0.1) is 0 Å². The fourth-order valence-electron chi connectivity index (χ4n) is 2.75. The predicted molar refractivity (Wildman–Crippen MR) is 75.7 cm³/mol. The first-order chi connectivity index (χ1) is 8.70. The first-order valence-corrected chi connectivity index (χ1v) is 6.98. The molecule has 3 nitrogen and oxygen atoms in total. The molecule has 2 aromatic rings. The number of nitrogen functional groups attached to an aromatic ring is 1. The quantitative estimate of drug-likeness (QED) is 0.829. The van der Waals surface area contributed by atoms with Crippen LogP contribution in [0.5, 0.6) is 0 Å². The van der Waals surface area contributed by atoms with Crippen LogP contribution in [0.15, 0.2) is 18.2 Å². The van der Waals surface area contributed by atoms with Gasteiger partial charge in [0.1, 0.15) is 5.82 Å². The van der Waals surface area contributed by atoms with Gasteiger partial charge in [0, 0.05) is 17.6 Å². The van der Waals surface area contributed by atoms with Crippen LogP contribution in [0, 0.1) is 0 Å². The molecule has 0 amide bonds. The average Bonchev–Trinajstić information content (AvgIpc) is 3.10. The Kier molecular flexibility index (Phi) is 2.77. The van der Waals surface area contributed by atoms with Gasteiger partial charge in [-0.3, -0.25) is 0 Å². The van der Waals surface area contributed by atoms with Gasteiger partial charge in [0.15, 0.2) is 0 Å². The molecule has 3 rings (SSSR count). The van der Waals surface area contributed by atoms with Crippen LogP contribution >= 0.6 is 0 Å². The van der Waals surface area contributed by atoms with E-state index in [0.29, 0.717) is 12.0 Å². The Bertz CT molecular complexity index is 566. The van der Waals surface area contributed by atoms with E-state index in [0.717, 1.165) is 11.2 Å². The number of aromatic nitrogens is 2. The molecule has 1 unspecified atom stereocenters. The molecule has 1 saturated carbocycles. The van der Waals surface area contributed by atoms with Crippen molar-refractivity contribution in [3.05, 3.63) is 24.0 Å². The van der Waals surface area contributed by atoms with Crippen LogP contribution in [0.1, 0.15) is 57.3 Å². The van der Waals surface area contributed by atoms with Crippen molar-refractivity contribution in [2.24, 2.45) is 0 Å². The zero-order chi connectivity index (χ0) is 12.7. The van der Waals surface area contributed by atoms with Crippen LogP contribution in [-0.2, 0) is 0 Å². The molecule has 1 aliphatic rings. The van der Waals surface area contributed by atoms with Gasteiger partial charge in [-0.2, -0.15) is 0 Å². The highest BCUT2D eigenvalue weighted by Gasteiger charge is 2.29. The Morgan fingerprint density at radius 2 is 2.22 bits per heavy atom. The summed E-state index contributed by atoms with van der Waals surface area (Å²) in [5, 5.41) is 0. The highest BCUT2D eigenvalue weighted by Crippen LogP contribution is 2.41. The third-order valence-electron chi connectivity index (χ3n) is 3.82. The van der Waals surface area contributed by atoms with Crippen molar-refractivity contribution in [2.45, 2.75) is 51.5 Å². The topological polar surface area (TPSA) is 43.8 Å². The minimum Gasteiger partial charge on any atom is -0.399 e. The van der Waals surface area contributed by atoms with Crippen molar-refractivity contribution >= 4 is 16.7 Å². The molecule has 0 radical (unpaired) electrons. The molecule has 96 valence electrons. The standard InChI is InChI=1S/C15H21N3/c1-3-4-10(2)15-17-13-8-5-11(16)9-14(13)18(15)12-6-7-12/h5,8-10,12H,3-4,6-7,16H2,1-2H3. The Morgan fingerprint density at radius 1 is 1.44 bits per heavy atom. The van der Waals surface area contributed by atoms with Gasteiger partial charge >= 0.3 is 0 Å². The number of hydrogen-bond donors (Lipinski definition) is 1. The zero-order valence-electron chi connectivity index (χ0n) is 11.2. The molecule has 2 N–H and O–H groups in total. The summed E-state index contributed by atoms with van der Waals surface area (Å²) in [4.78, 5) is 4.84. The van der Waals surface area contributed by atoms with Gasteiger partial charge < -0.3 is 10.3 Å². The molecule has 0 bridgehead atoms. The van der Waals surface area contributed by atoms with Gasteiger partial charge in [-0.25, -0.2) is 4.98 Å². The van der Waals surface area contributed by atoms with Crippen LogP contribution < -0.4 is 5.73 Å². The molecular formula is C15H21N3. The van der Waals surface area contributed by atoms with E-state index in [1.165, 1.54) is 37.0 Å². The number of benzene rings is 1. The van der Waals surface area contributed by atoms with Crippen molar-refractivity contribution in [2.75, 3.05) is 5.73 Å². The molecule has 1 fully saturated rings. The molecule has 3 heteroatoms. The van der Waals surface area contributed by atoms with Crippen LogP contribution in [-0.4, -0.2) is 9.55 Å². The molecule has 1 heterocycles. The number of rotatable bonds is 4. The first kappa shape index (κ1) is 11.6. The zero-order valence-corrected chi connectivity index (χ0v) is 11.2. The molecule has 0 aliphatic heterocycles. The summed E-state index contributed by atoms with van der Waals surface area (Å²) in [6.07, 6.45) is 4.97. The fourth-order valence-corrected chi connectivity index (χ4v) is 2.75. The van der Waals surface area contributed by atoms with E-state index in [4.69, 9.17) is 10.7 Å². The van der Waals surface area contributed by atoms with Crippen LogP contribution in [0.4, 0.5) is 5.69 Å². The molecular weight excluding hydrogens is 222 g/mol. The normalized spacial score (nSPS) is 17.2. The Hall–Kier alpha value is -1.51. The van der Waals surface area contributed by atoms with Crippen LogP contribution in [0.3, 0.4) is 0 Å². The van der Waals surface area contributed by atoms with Crippen molar-refractivity contribution in [1.82, 2.24) is 9.55 Å². The predicted octanol–water partition coefficient (Wildman–Crippen LogP) is 3.86. The minimum absolute atomic E-state index is 0.532. The van der Waals surface area contributed by atoms with Crippen LogP contribution in [0.25, 0.3) is 11.0 Å². The summed E-state index contributed by atoms with van der Waals surface area (Å²) >= 11 is 0. The van der Waals surface area contributed by atoms with Crippen molar-refractivity contribution < 1.29 is 0 Å². The second-order valence-electron chi connectivity index (χ2n) is 5.51. The van der Waals surface area contributed by atoms with Crippen molar-refractivity contribution in [3.63, 3.8) is 0 Å². The highest BCUT2D eigenvalue weighted by atomic mass is 15.1. The van der Waals surface area contributed by atoms with E-state index >= 15 is 0 Å². The third-order valence-corrected chi connectivity index (χ3v) is 3.82. The number of imidazole rings is 1. The van der Waals surface area contributed by atoms with E-state index < -0.39 is 0 Å². The smallest absolute Gasteiger partial charge is 0.112 e. The van der Waals surface area contributed by atoms with E-state index in [1.807, 2.05) is 12.1 Å². The first-order valence-electron chi connectivity index (χ1n) is 6.98. The SMILES string of the molecule is CCCC(C)c1nc2ccc(N)cc2n1C1CC1. The molecule has 1 aliphatic carbocycles.